The molecule has 0 bridgehead atoms. The summed E-state index contributed by atoms with van der Waals surface area (Å²) in [5.41, 5.74) is 1.46. The first-order valence-corrected chi connectivity index (χ1v) is 7.87. The third-order valence-electron chi connectivity index (χ3n) is 2.80. The third kappa shape index (κ3) is 2.82. The quantitative estimate of drug-likeness (QED) is 0.931. The van der Waals surface area contributed by atoms with Gasteiger partial charge in [0.15, 0.2) is 5.03 Å². The zero-order chi connectivity index (χ0) is 14.2. The second kappa shape index (κ2) is 4.97. The molecule has 0 spiro atoms. The maximum Gasteiger partial charge on any atom is 0.280 e. The Hall–Kier alpha value is -1.34. The van der Waals surface area contributed by atoms with Crippen LogP contribution in [0.5, 0.6) is 0 Å². The van der Waals surface area contributed by atoms with Crippen LogP contribution in [0.3, 0.4) is 0 Å². The second-order valence-corrected chi connectivity index (χ2v) is 6.70. The van der Waals surface area contributed by atoms with Crippen LogP contribution in [0.15, 0.2) is 33.9 Å². The Labute approximate surface area is 120 Å². The summed E-state index contributed by atoms with van der Waals surface area (Å²) in [7, 11) is -1.91. The molecule has 1 aromatic carbocycles. The minimum absolute atomic E-state index is 0.0147. The molecule has 102 valence electrons. The van der Waals surface area contributed by atoms with Crippen LogP contribution in [0.2, 0.25) is 0 Å². The third-order valence-corrected chi connectivity index (χ3v) is 5.09. The summed E-state index contributed by atoms with van der Waals surface area (Å²) in [4.78, 5) is 4.03. The zero-order valence-electron chi connectivity index (χ0n) is 10.8. The molecule has 2 aromatic rings. The van der Waals surface area contributed by atoms with E-state index in [0.29, 0.717) is 11.5 Å². The van der Waals surface area contributed by atoms with Crippen molar-refractivity contribution in [2.24, 2.45) is 7.05 Å². The van der Waals surface area contributed by atoms with Gasteiger partial charge in [0.2, 0.25) is 0 Å². The number of anilines is 1. The Morgan fingerprint density at radius 1 is 1.32 bits per heavy atom. The number of halogens is 1. The van der Waals surface area contributed by atoms with Gasteiger partial charge in [-0.25, -0.2) is 4.98 Å². The molecule has 0 saturated carbocycles. The van der Waals surface area contributed by atoms with Crippen LogP contribution in [-0.4, -0.2) is 18.0 Å². The lowest BCUT2D eigenvalue weighted by atomic mass is 10.2. The van der Waals surface area contributed by atoms with E-state index in [1.165, 1.54) is 6.20 Å². The normalized spacial score (nSPS) is 11.6. The summed E-state index contributed by atoms with van der Waals surface area (Å²) < 4.78 is 29.4. The fourth-order valence-corrected chi connectivity index (χ4v) is 3.19. The molecule has 0 amide bonds. The molecule has 1 N–H and O–H groups in total. The summed E-state index contributed by atoms with van der Waals surface area (Å²) >= 11 is 3.37. The number of aromatic nitrogens is 2. The number of nitrogens with one attached hydrogen (secondary N) is 1. The van der Waals surface area contributed by atoms with Crippen LogP contribution in [0.4, 0.5) is 5.69 Å². The van der Waals surface area contributed by atoms with E-state index in [1.54, 1.807) is 30.7 Å². The van der Waals surface area contributed by atoms with E-state index >= 15 is 0 Å². The van der Waals surface area contributed by atoms with Gasteiger partial charge in [0.1, 0.15) is 5.82 Å². The van der Waals surface area contributed by atoms with Gasteiger partial charge in [-0.3, -0.25) is 4.72 Å². The Bertz CT molecular complexity index is 703. The van der Waals surface area contributed by atoms with Crippen molar-refractivity contribution in [2.45, 2.75) is 18.9 Å². The molecule has 0 fully saturated rings. The Morgan fingerprint density at radius 2 is 2.00 bits per heavy atom. The molecular formula is C12H14BrN3O2S. The van der Waals surface area contributed by atoms with E-state index in [2.05, 4.69) is 25.6 Å². The van der Waals surface area contributed by atoms with Crippen molar-refractivity contribution < 1.29 is 8.42 Å². The van der Waals surface area contributed by atoms with E-state index in [4.69, 9.17) is 0 Å². The SMILES string of the molecule is Cc1cccc(NS(=O)(=O)c2cn(C)c(C)n2)c1Br. The molecule has 0 aliphatic rings. The molecule has 1 heterocycles. The molecule has 0 aliphatic carbocycles. The fourth-order valence-electron chi connectivity index (χ4n) is 1.58. The van der Waals surface area contributed by atoms with Gasteiger partial charge in [-0.2, -0.15) is 8.42 Å². The van der Waals surface area contributed by atoms with Crippen LogP contribution in [-0.2, 0) is 17.1 Å². The first-order chi connectivity index (χ1) is 8.81. The van der Waals surface area contributed by atoms with Gasteiger partial charge in [0.25, 0.3) is 10.0 Å². The number of aryl methyl sites for hydroxylation is 3. The second-order valence-electron chi connectivity index (χ2n) is 4.28. The van der Waals surface area contributed by atoms with Crippen LogP contribution >= 0.6 is 15.9 Å². The molecule has 7 heteroatoms. The van der Waals surface area contributed by atoms with Gasteiger partial charge in [0.05, 0.1) is 5.69 Å². The monoisotopic (exact) mass is 343 g/mol. The van der Waals surface area contributed by atoms with E-state index in [-0.39, 0.29) is 5.03 Å². The summed E-state index contributed by atoms with van der Waals surface area (Å²) in [6.45, 7) is 3.65. The highest BCUT2D eigenvalue weighted by Gasteiger charge is 2.19. The van der Waals surface area contributed by atoms with Gasteiger partial charge in [0, 0.05) is 17.7 Å². The van der Waals surface area contributed by atoms with E-state index < -0.39 is 10.0 Å². The first-order valence-electron chi connectivity index (χ1n) is 5.59. The summed E-state index contributed by atoms with van der Waals surface area (Å²) in [5.74, 6) is 0.642. The first kappa shape index (κ1) is 14.1. The number of nitrogens with zero attached hydrogens (tertiary/aromatic N) is 2. The Balaban J connectivity index is 2.39. The number of benzene rings is 1. The van der Waals surface area contributed by atoms with Crippen molar-refractivity contribution in [3.8, 4) is 0 Å². The van der Waals surface area contributed by atoms with Gasteiger partial charge in [-0.15, -0.1) is 0 Å². The lowest BCUT2D eigenvalue weighted by Gasteiger charge is -2.09. The molecule has 0 unspecified atom stereocenters. The molecular weight excluding hydrogens is 330 g/mol. The number of hydrogen-bond donors (Lipinski definition) is 1. The standard InChI is InChI=1S/C12H14BrN3O2S/c1-8-5-4-6-10(12(8)13)15-19(17,18)11-7-16(3)9(2)14-11/h4-7,15H,1-3H3. The Morgan fingerprint density at radius 3 is 2.58 bits per heavy atom. The summed E-state index contributed by atoms with van der Waals surface area (Å²) in [5, 5.41) is 0.0147. The van der Waals surface area contributed by atoms with Crippen molar-refractivity contribution in [2.75, 3.05) is 4.72 Å². The Kier molecular flexibility index (Phi) is 3.69. The highest BCUT2D eigenvalue weighted by Crippen LogP contribution is 2.27. The largest absolute Gasteiger partial charge is 0.337 e. The predicted molar refractivity (Wildman–Crippen MR) is 77.6 cm³/mol. The summed E-state index contributed by atoms with van der Waals surface area (Å²) in [6, 6.07) is 5.39. The highest BCUT2D eigenvalue weighted by atomic mass is 79.9. The van der Waals surface area contributed by atoms with Crippen molar-refractivity contribution in [3.05, 3.63) is 40.3 Å². The van der Waals surface area contributed by atoms with Crippen molar-refractivity contribution in [1.29, 1.82) is 0 Å². The van der Waals surface area contributed by atoms with Gasteiger partial charge in [-0.05, 0) is 41.4 Å². The smallest absolute Gasteiger partial charge is 0.280 e. The van der Waals surface area contributed by atoms with Crippen molar-refractivity contribution in [3.63, 3.8) is 0 Å². The van der Waals surface area contributed by atoms with Crippen molar-refractivity contribution >= 4 is 31.6 Å². The molecule has 2 rings (SSSR count). The number of rotatable bonds is 3. The molecule has 19 heavy (non-hydrogen) atoms. The van der Waals surface area contributed by atoms with Crippen molar-refractivity contribution in [1.82, 2.24) is 9.55 Å². The van der Waals surface area contributed by atoms with Gasteiger partial charge in [-0.1, -0.05) is 12.1 Å². The molecule has 0 atom stereocenters. The van der Waals surface area contributed by atoms with Gasteiger partial charge >= 0.3 is 0 Å². The van der Waals surface area contributed by atoms with Crippen LogP contribution in [0, 0.1) is 13.8 Å². The zero-order valence-corrected chi connectivity index (χ0v) is 13.2. The van der Waals surface area contributed by atoms with E-state index in [1.807, 2.05) is 13.0 Å². The maximum absolute atomic E-state index is 12.2. The lowest BCUT2D eigenvalue weighted by Crippen LogP contribution is -2.14. The molecule has 1 aromatic heterocycles. The molecule has 5 nitrogen and oxygen atoms in total. The molecule has 0 aliphatic heterocycles. The molecule has 0 saturated heterocycles. The lowest BCUT2D eigenvalue weighted by molar-refractivity contribution is 0.598. The van der Waals surface area contributed by atoms with E-state index in [0.717, 1.165) is 10.0 Å². The maximum atomic E-state index is 12.2. The van der Waals surface area contributed by atoms with Crippen LogP contribution < -0.4 is 4.72 Å². The highest BCUT2D eigenvalue weighted by molar-refractivity contribution is 9.10. The minimum Gasteiger partial charge on any atom is -0.337 e. The average molecular weight is 344 g/mol. The topological polar surface area (TPSA) is 64.0 Å². The number of sulfonamides is 1. The number of hydrogen-bond acceptors (Lipinski definition) is 3. The summed E-state index contributed by atoms with van der Waals surface area (Å²) in [6.07, 6.45) is 1.49. The van der Waals surface area contributed by atoms with E-state index in [9.17, 15) is 8.42 Å². The average Bonchev–Trinajstić information content (AvgIpc) is 2.66. The fraction of sp³-hybridized carbons (Fsp3) is 0.250. The van der Waals surface area contributed by atoms with Crippen LogP contribution in [0.25, 0.3) is 0 Å². The minimum atomic E-state index is -3.67. The molecule has 0 radical (unpaired) electrons. The van der Waals surface area contributed by atoms with Crippen LogP contribution in [0.1, 0.15) is 11.4 Å². The number of imidazole rings is 1. The predicted octanol–water partition coefficient (Wildman–Crippen LogP) is 2.60. The van der Waals surface area contributed by atoms with Gasteiger partial charge < -0.3 is 4.57 Å².